The summed E-state index contributed by atoms with van der Waals surface area (Å²) in [6.07, 6.45) is 6.34. The summed E-state index contributed by atoms with van der Waals surface area (Å²) < 4.78 is 0. The number of nitrogens with zero attached hydrogens (tertiary/aromatic N) is 3. The van der Waals surface area contributed by atoms with Gasteiger partial charge in [-0.3, -0.25) is 0 Å². The largest absolute Gasteiger partial charge is 0.476 e. The third-order valence-corrected chi connectivity index (χ3v) is 2.84. The predicted octanol–water partition coefficient (Wildman–Crippen LogP) is 1.16. The first kappa shape index (κ1) is 9.89. The van der Waals surface area contributed by atoms with Gasteiger partial charge < -0.3 is 10.0 Å². The predicted molar refractivity (Wildman–Crippen MR) is 55.0 cm³/mol. The molecule has 1 aliphatic carbocycles. The van der Waals surface area contributed by atoms with Crippen molar-refractivity contribution in [1.29, 1.82) is 0 Å². The molecule has 0 unspecified atom stereocenters. The molecular weight excluding hydrogens is 194 g/mol. The molecule has 0 radical (unpaired) electrons. The van der Waals surface area contributed by atoms with Gasteiger partial charge in [0.15, 0.2) is 11.5 Å². The topological polar surface area (TPSA) is 66.3 Å². The van der Waals surface area contributed by atoms with Crippen LogP contribution in [0.15, 0.2) is 12.4 Å². The van der Waals surface area contributed by atoms with E-state index in [1.54, 1.807) is 0 Å². The summed E-state index contributed by atoms with van der Waals surface area (Å²) in [5.41, 5.74) is 0.0342. The fraction of sp³-hybridized carbons (Fsp3) is 0.500. The van der Waals surface area contributed by atoms with E-state index in [-0.39, 0.29) is 5.69 Å². The van der Waals surface area contributed by atoms with Crippen molar-refractivity contribution in [2.75, 3.05) is 11.9 Å². The van der Waals surface area contributed by atoms with Crippen LogP contribution in [0.5, 0.6) is 0 Å². The van der Waals surface area contributed by atoms with E-state index >= 15 is 0 Å². The molecule has 1 aromatic rings. The molecule has 1 N–H and O–H groups in total. The average molecular weight is 207 g/mol. The minimum Gasteiger partial charge on any atom is -0.476 e. The molecular formula is C10H13N3O2. The molecule has 2 rings (SSSR count). The third kappa shape index (κ3) is 1.77. The van der Waals surface area contributed by atoms with Crippen molar-refractivity contribution in [2.24, 2.45) is 0 Å². The highest BCUT2D eigenvalue weighted by Crippen LogP contribution is 2.28. The molecule has 5 nitrogen and oxygen atoms in total. The molecule has 0 spiro atoms. The molecule has 0 aromatic carbocycles. The standard InChI is InChI=1S/C10H13N3O2/c1-13(7-3-2-4-7)9-8(10(14)15)11-5-6-12-9/h5-7H,2-4H2,1H3,(H,14,15). The minimum absolute atomic E-state index is 0.0342. The van der Waals surface area contributed by atoms with Gasteiger partial charge in [-0.2, -0.15) is 0 Å². The van der Waals surface area contributed by atoms with Gasteiger partial charge in [-0.1, -0.05) is 0 Å². The number of aromatic carboxylic acids is 1. The van der Waals surface area contributed by atoms with E-state index in [4.69, 9.17) is 5.11 Å². The highest BCUT2D eigenvalue weighted by atomic mass is 16.4. The summed E-state index contributed by atoms with van der Waals surface area (Å²) in [6, 6.07) is 0.416. The lowest BCUT2D eigenvalue weighted by Crippen LogP contribution is -2.38. The van der Waals surface area contributed by atoms with Crippen molar-refractivity contribution in [1.82, 2.24) is 9.97 Å². The lowest BCUT2D eigenvalue weighted by atomic mass is 9.92. The molecule has 1 aliphatic rings. The van der Waals surface area contributed by atoms with Gasteiger partial charge in [-0.25, -0.2) is 14.8 Å². The molecule has 0 atom stereocenters. The van der Waals surface area contributed by atoms with Crippen LogP contribution in [0.25, 0.3) is 0 Å². The molecule has 0 saturated heterocycles. The van der Waals surface area contributed by atoms with E-state index in [1.807, 2.05) is 11.9 Å². The summed E-state index contributed by atoms with van der Waals surface area (Å²) in [4.78, 5) is 20.8. The molecule has 0 aliphatic heterocycles. The van der Waals surface area contributed by atoms with Gasteiger partial charge in [-0.05, 0) is 19.3 Å². The second-order valence-electron chi connectivity index (χ2n) is 3.73. The monoisotopic (exact) mass is 207 g/mol. The molecule has 1 heterocycles. The van der Waals surface area contributed by atoms with Gasteiger partial charge in [0, 0.05) is 25.5 Å². The quantitative estimate of drug-likeness (QED) is 0.805. The summed E-state index contributed by atoms with van der Waals surface area (Å²) in [5, 5.41) is 8.96. The highest BCUT2D eigenvalue weighted by molar-refractivity contribution is 5.90. The summed E-state index contributed by atoms with van der Waals surface area (Å²) >= 11 is 0. The summed E-state index contributed by atoms with van der Waals surface area (Å²) in [5.74, 6) is -0.557. The number of carboxylic acid groups (broad SMARTS) is 1. The van der Waals surface area contributed by atoms with E-state index in [9.17, 15) is 4.79 Å². The van der Waals surface area contributed by atoms with Crippen LogP contribution < -0.4 is 4.90 Å². The lowest BCUT2D eigenvalue weighted by molar-refractivity contribution is 0.0690. The van der Waals surface area contributed by atoms with E-state index < -0.39 is 5.97 Å². The van der Waals surface area contributed by atoms with Crippen molar-refractivity contribution < 1.29 is 9.90 Å². The van der Waals surface area contributed by atoms with Crippen molar-refractivity contribution >= 4 is 11.8 Å². The molecule has 1 fully saturated rings. The normalized spacial score (nSPS) is 15.8. The second kappa shape index (κ2) is 3.84. The zero-order valence-electron chi connectivity index (χ0n) is 8.55. The fourth-order valence-electron chi connectivity index (χ4n) is 1.69. The number of aromatic nitrogens is 2. The SMILES string of the molecule is CN(c1nccnc1C(=O)O)C1CCC1. The number of anilines is 1. The van der Waals surface area contributed by atoms with E-state index in [1.165, 1.54) is 18.8 Å². The van der Waals surface area contributed by atoms with E-state index in [2.05, 4.69) is 9.97 Å². The Morgan fingerprint density at radius 1 is 1.47 bits per heavy atom. The Labute approximate surface area is 87.8 Å². The molecule has 15 heavy (non-hydrogen) atoms. The third-order valence-electron chi connectivity index (χ3n) is 2.84. The maximum absolute atomic E-state index is 10.9. The fourth-order valence-corrected chi connectivity index (χ4v) is 1.69. The molecule has 0 bridgehead atoms. The van der Waals surface area contributed by atoms with Crippen molar-refractivity contribution in [3.8, 4) is 0 Å². The lowest BCUT2D eigenvalue weighted by Gasteiger charge is -2.35. The zero-order chi connectivity index (χ0) is 10.8. The van der Waals surface area contributed by atoms with Crippen LogP contribution in [0.1, 0.15) is 29.8 Å². The Morgan fingerprint density at radius 3 is 2.67 bits per heavy atom. The Bertz CT molecular complexity index is 377. The van der Waals surface area contributed by atoms with Crippen LogP contribution in [-0.4, -0.2) is 34.1 Å². The number of rotatable bonds is 3. The number of hydrogen-bond acceptors (Lipinski definition) is 4. The van der Waals surface area contributed by atoms with Gasteiger partial charge in [0.1, 0.15) is 0 Å². The first-order valence-corrected chi connectivity index (χ1v) is 4.97. The van der Waals surface area contributed by atoms with Crippen molar-refractivity contribution in [3.05, 3.63) is 18.1 Å². The van der Waals surface area contributed by atoms with Crippen LogP contribution in [-0.2, 0) is 0 Å². The van der Waals surface area contributed by atoms with Gasteiger partial charge in [0.25, 0.3) is 0 Å². The van der Waals surface area contributed by atoms with Crippen LogP contribution in [0.2, 0.25) is 0 Å². The van der Waals surface area contributed by atoms with E-state index in [0.29, 0.717) is 11.9 Å². The Hall–Kier alpha value is -1.65. The summed E-state index contributed by atoms with van der Waals surface area (Å²) in [7, 11) is 1.88. The van der Waals surface area contributed by atoms with Crippen molar-refractivity contribution in [2.45, 2.75) is 25.3 Å². The molecule has 80 valence electrons. The molecule has 5 heteroatoms. The Morgan fingerprint density at radius 2 is 2.13 bits per heavy atom. The van der Waals surface area contributed by atoms with Crippen LogP contribution in [0.3, 0.4) is 0 Å². The van der Waals surface area contributed by atoms with Gasteiger partial charge >= 0.3 is 5.97 Å². The minimum atomic E-state index is -1.02. The smallest absolute Gasteiger partial charge is 0.358 e. The second-order valence-corrected chi connectivity index (χ2v) is 3.73. The molecule has 0 amide bonds. The zero-order valence-corrected chi connectivity index (χ0v) is 8.55. The van der Waals surface area contributed by atoms with Crippen LogP contribution in [0, 0.1) is 0 Å². The van der Waals surface area contributed by atoms with Gasteiger partial charge in [-0.15, -0.1) is 0 Å². The molecule has 1 aromatic heterocycles. The van der Waals surface area contributed by atoms with Gasteiger partial charge in [0.2, 0.25) is 0 Å². The first-order chi connectivity index (χ1) is 7.20. The average Bonchev–Trinajstić information content (AvgIpc) is 2.15. The van der Waals surface area contributed by atoms with Crippen LogP contribution >= 0.6 is 0 Å². The number of carbonyl (C=O) groups is 1. The maximum atomic E-state index is 10.9. The van der Waals surface area contributed by atoms with Crippen molar-refractivity contribution in [3.63, 3.8) is 0 Å². The van der Waals surface area contributed by atoms with Crippen LogP contribution in [0.4, 0.5) is 5.82 Å². The maximum Gasteiger partial charge on any atom is 0.358 e. The van der Waals surface area contributed by atoms with E-state index in [0.717, 1.165) is 12.8 Å². The Kier molecular flexibility index (Phi) is 2.53. The number of hydrogen-bond donors (Lipinski definition) is 1. The summed E-state index contributed by atoms with van der Waals surface area (Å²) in [6.45, 7) is 0. The van der Waals surface area contributed by atoms with Gasteiger partial charge in [0.05, 0.1) is 0 Å². The molecule has 1 saturated carbocycles. The Balaban J connectivity index is 2.29. The highest BCUT2D eigenvalue weighted by Gasteiger charge is 2.26. The first-order valence-electron chi connectivity index (χ1n) is 4.97. The number of carboxylic acids is 1.